The van der Waals surface area contributed by atoms with Crippen LogP contribution >= 0.6 is 0 Å². The number of nitrogen functional groups attached to an aromatic ring is 1. The highest BCUT2D eigenvalue weighted by molar-refractivity contribution is 7.92. The number of benzene rings is 2. The smallest absolute Gasteiger partial charge is 0.324 e. The number of imide groups is 1. The van der Waals surface area contributed by atoms with Gasteiger partial charge < -0.3 is 11.1 Å². The summed E-state index contributed by atoms with van der Waals surface area (Å²) in [5.41, 5.74) is 8.46. The number of sulfonamides is 1. The predicted octanol–water partition coefficient (Wildman–Crippen LogP) is 1.35. The molecule has 2 aromatic carbocycles. The molecule has 1 fully saturated rings. The van der Waals surface area contributed by atoms with Crippen LogP contribution in [0, 0.1) is 0 Å². The first-order chi connectivity index (χ1) is 13.2. The van der Waals surface area contributed by atoms with Crippen molar-refractivity contribution in [3.63, 3.8) is 0 Å². The molecule has 1 unspecified atom stereocenters. The lowest BCUT2D eigenvalue weighted by Crippen LogP contribution is -2.33. The van der Waals surface area contributed by atoms with E-state index in [1.54, 1.807) is 36.4 Å². The Labute approximate surface area is 163 Å². The highest BCUT2D eigenvalue weighted by atomic mass is 32.2. The zero-order valence-corrected chi connectivity index (χ0v) is 16.2. The molecule has 28 heavy (non-hydrogen) atoms. The lowest BCUT2D eigenvalue weighted by atomic mass is 10.1. The van der Waals surface area contributed by atoms with Crippen molar-refractivity contribution in [3.05, 3.63) is 59.7 Å². The largest absolute Gasteiger partial charge is 0.399 e. The minimum absolute atomic E-state index is 0.279. The van der Waals surface area contributed by atoms with E-state index < -0.39 is 22.1 Å². The molecule has 3 amide bonds. The molecule has 0 radical (unpaired) electrons. The Kier molecular flexibility index (Phi) is 5.55. The highest BCUT2D eigenvalue weighted by Crippen LogP contribution is 2.17. The molecule has 1 aliphatic rings. The standard InChI is InChI=1S/C19H22N4O4S/c1-28(26,27)22-16-4-2-3-14(11-16)12-17-18(24)23(19(25)21-17)10-9-13-5-7-15(20)8-6-13/h2-8,11,17,22H,9-10,12,20H2,1H3,(H,21,25). The van der Waals surface area contributed by atoms with E-state index in [4.69, 9.17) is 5.73 Å². The second kappa shape index (κ2) is 7.89. The monoisotopic (exact) mass is 402 g/mol. The number of urea groups is 1. The Balaban J connectivity index is 1.63. The number of hydrogen-bond acceptors (Lipinski definition) is 5. The van der Waals surface area contributed by atoms with Crippen molar-refractivity contribution in [2.75, 3.05) is 23.3 Å². The predicted molar refractivity (Wildman–Crippen MR) is 107 cm³/mol. The summed E-state index contributed by atoms with van der Waals surface area (Å²) in [7, 11) is -3.39. The third kappa shape index (κ3) is 5.01. The lowest BCUT2D eigenvalue weighted by Gasteiger charge is -2.13. The number of carbonyl (C=O) groups excluding carboxylic acids is 2. The van der Waals surface area contributed by atoms with Crippen LogP contribution in [0.25, 0.3) is 0 Å². The minimum atomic E-state index is -3.39. The number of carbonyl (C=O) groups is 2. The summed E-state index contributed by atoms with van der Waals surface area (Å²) in [5.74, 6) is -0.290. The lowest BCUT2D eigenvalue weighted by molar-refractivity contribution is -0.127. The van der Waals surface area contributed by atoms with E-state index in [9.17, 15) is 18.0 Å². The summed E-state index contributed by atoms with van der Waals surface area (Å²) in [6.07, 6.45) is 1.89. The van der Waals surface area contributed by atoms with Gasteiger partial charge in [0.2, 0.25) is 10.0 Å². The molecule has 0 aliphatic carbocycles. The summed E-state index contributed by atoms with van der Waals surface area (Å²) in [6.45, 7) is 0.279. The second-order valence-corrected chi connectivity index (χ2v) is 8.51. The zero-order chi connectivity index (χ0) is 20.3. The van der Waals surface area contributed by atoms with Crippen LogP contribution in [-0.2, 0) is 27.7 Å². The van der Waals surface area contributed by atoms with Gasteiger partial charge in [-0.2, -0.15) is 0 Å². The molecule has 0 spiro atoms. The Morgan fingerprint density at radius 3 is 2.50 bits per heavy atom. The third-order valence-electron chi connectivity index (χ3n) is 4.38. The quantitative estimate of drug-likeness (QED) is 0.477. The van der Waals surface area contributed by atoms with Gasteiger partial charge in [0, 0.05) is 24.3 Å². The van der Waals surface area contributed by atoms with E-state index in [0.29, 0.717) is 17.8 Å². The Morgan fingerprint density at radius 2 is 1.82 bits per heavy atom. The fraction of sp³-hybridized carbons (Fsp3) is 0.263. The average molecular weight is 402 g/mol. The van der Waals surface area contributed by atoms with Gasteiger partial charge in [-0.25, -0.2) is 13.2 Å². The van der Waals surface area contributed by atoms with Crippen LogP contribution in [0.15, 0.2) is 48.5 Å². The SMILES string of the molecule is CS(=O)(=O)Nc1cccc(CC2NC(=O)N(CCc3ccc(N)cc3)C2=O)c1. The maximum atomic E-state index is 12.6. The Bertz CT molecular complexity index is 989. The van der Waals surface area contributed by atoms with Crippen LogP contribution in [0.1, 0.15) is 11.1 Å². The van der Waals surface area contributed by atoms with Gasteiger partial charge in [0.1, 0.15) is 6.04 Å². The van der Waals surface area contributed by atoms with Crippen molar-refractivity contribution in [3.8, 4) is 0 Å². The summed E-state index contributed by atoms with van der Waals surface area (Å²) in [6, 6.07) is 13.0. The molecule has 4 N–H and O–H groups in total. The second-order valence-electron chi connectivity index (χ2n) is 6.76. The first kappa shape index (κ1) is 19.7. The van der Waals surface area contributed by atoms with Crippen LogP contribution in [-0.4, -0.2) is 44.1 Å². The number of nitrogens with one attached hydrogen (secondary N) is 2. The molecule has 8 nitrogen and oxygen atoms in total. The molecule has 1 saturated heterocycles. The van der Waals surface area contributed by atoms with Gasteiger partial charge in [0.05, 0.1) is 6.26 Å². The van der Waals surface area contributed by atoms with Crippen LogP contribution in [0.2, 0.25) is 0 Å². The van der Waals surface area contributed by atoms with Gasteiger partial charge >= 0.3 is 6.03 Å². The number of rotatable bonds is 7. The first-order valence-electron chi connectivity index (χ1n) is 8.74. The normalized spacial score (nSPS) is 16.9. The van der Waals surface area contributed by atoms with Gasteiger partial charge in [-0.15, -0.1) is 0 Å². The average Bonchev–Trinajstić information content (AvgIpc) is 2.87. The molecule has 1 atom stereocenters. The molecule has 3 rings (SSSR count). The number of anilines is 2. The van der Waals surface area contributed by atoms with E-state index in [2.05, 4.69) is 10.0 Å². The summed E-state index contributed by atoms with van der Waals surface area (Å²) >= 11 is 0. The van der Waals surface area contributed by atoms with Crippen molar-refractivity contribution < 1.29 is 18.0 Å². The Morgan fingerprint density at radius 1 is 1.11 bits per heavy atom. The number of amides is 3. The van der Waals surface area contributed by atoms with Gasteiger partial charge in [-0.3, -0.25) is 14.4 Å². The molecule has 1 aliphatic heterocycles. The molecule has 9 heteroatoms. The number of nitrogens with two attached hydrogens (primary N) is 1. The van der Waals surface area contributed by atoms with Crippen molar-refractivity contribution in [1.29, 1.82) is 0 Å². The number of nitrogens with zero attached hydrogens (tertiary/aromatic N) is 1. The molecular weight excluding hydrogens is 380 g/mol. The van der Waals surface area contributed by atoms with E-state index in [1.807, 2.05) is 12.1 Å². The van der Waals surface area contributed by atoms with Crippen molar-refractivity contribution >= 4 is 33.3 Å². The zero-order valence-electron chi connectivity index (χ0n) is 15.4. The van der Waals surface area contributed by atoms with E-state index in [1.165, 1.54) is 4.90 Å². The maximum Gasteiger partial charge on any atom is 0.324 e. The fourth-order valence-corrected chi connectivity index (χ4v) is 3.62. The van der Waals surface area contributed by atoms with Crippen LogP contribution in [0.5, 0.6) is 0 Å². The van der Waals surface area contributed by atoms with Crippen LogP contribution in [0.4, 0.5) is 16.2 Å². The van der Waals surface area contributed by atoms with Crippen molar-refractivity contribution in [2.45, 2.75) is 18.9 Å². The van der Waals surface area contributed by atoms with Gasteiger partial charge in [0.15, 0.2) is 0 Å². The highest BCUT2D eigenvalue weighted by Gasteiger charge is 2.37. The first-order valence-corrected chi connectivity index (χ1v) is 10.6. The van der Waals surface area contributed by atoms with E-state index in [0.717, 1.165) is 17.4 Å². The molecule has 0 saturated carbocycles. The summed E-state index contributed by atoms with van der Waals surface area (Å²) in [5, 5.41) is 2.69. The minimum Gasteiger partial charge on any atom is -0.399 e. The third-order valence-corrected chi connectivity index (χ3v) is 4.99. The van der Waals surface area contributed by atoms with Crippen molar-refractivity contribution in [1.82, 2.24) is 10.2 Å². The molecule has 0 aromatic heterocycles. The van der Waals surface area contributed by atoms with Crippen LogP contribution in [0.3, 0.4) is 0 Å². The van der Waals surface area contributed by atoms with Gasteiger partial charge in [-0.1, -0.05) is 24.3 Å². The summed E-state index contributed by atoms with van der Waals surface area (Å²) in [4.78, 5) is 26.0. The number of hydrogen-bond donors (Lipinski definition) is 3. The molecule has 0 bridgehead atoms. The van der Waals surface area contributed by atoms with Crippen LogP contribution < -0.4 is 15.8 Å². The maximum absolute atomic E-state index is 12.6. The van der Waals surface area contributed by atoms with Gasteiger partial charge in [0.25, 0.3) is 5.91 Å². The topological polar surface area (TPSA) is 122 Å². The molecule has 2 aromatic rings. The van der Waals surface area contributed by atoms with Gasteiger partial charge in [-0.05, 0) is 41.8 Å². The van der Waals surface area contributed by atoms with E-state index in [-0.39, 0.29) is 18.9 Å². The Hall–Kier alpha value is -3.07. The molecule has 1 heterocycles. The molecular formula is C19H22N4O4S. The fourth-order valence-electron chi connectivity index (χ4n) is 3.06. The summed E-state index contributed by atoms with van der Waals surface area (Å²) < 4.78 is 25.1. The van der Waals surface area contributed by atoms with Crippen molar-refractivity contribution in [2.24, 2.45) is 0 Å². The molecule has 148 valence electrons. The van der Waals surface area contributed by atoms with E-state index >= 15 is 0 Å².